The highest BCUT2D eigenvalue weighted by Crippen LogP contribution is 2.51. The highest BCUT2D eigenvalue weighted by atomic mass is 16.5. The van der Waals surface area contributed by atoms with Crippen molar-refractivity contribution in [1.82, 2.24) is 5.01 Å². The number of methoxy groups -OCH3 is 3. The maximum Gasteiger partial charge on any atom is 0.214 e. The summed E-state index contributed by atoms with van der Waals surface area (Å²) in [6.07, 6.45) is 0.283. The maximum atomic E-state index is 6.59. The molecule has 0 saturated heterocycles. The fraction of sp³-hybridized carbons (Fsp3) is 0.296. The fourth-order valence-corrected chi connectivity index (χ4v) is 4.56. The van der Waals surface area contributed by atoms with Crippen LogP contribution in [0.4, 0.5) is 0 Å². The van der Waals surface area contributed by atoms with Crippen molar-refractivity contribution < 1.29 is 23.7 Å². The molecule has 0 aromatic heterocycles. The zero-order valence-electron chi connectivity index (χ0n) is 19.8. The maximum absolute atomic E-state index is 6.59. The van der Waals surface area contributed by atoms with Gasteiger partial charge < -0.3 is 23.7 Å². The Balaban J connectivity index is 1.61. The van der Waals surface area contributed by atoms with Crippen molar-refractivity contribution in [1.29, 1.82) is 0 Å². The van der Waals surface area contributed by atoms with Gasteiger partial charge in [0, 0.05) is 23.1 Å². The molecule has 2 aliphatic heterocycles. The topological polar surface area (TPSA) is 61.8 Å². The number of hydrogen-bond donors (Lipinski definition) is 0. The van der Waals surface area contributed by atoms with Gasteiger partial charge in [-0.1, -0.05) is 24.3 Å². The van der Waals surface area contributed by atoms with Crippen LogP contribution in [0.5, 0.6) is 28.7 Å². The molecular formula is C27H28N2O5. The summed E-state index contributed by atoms with van der Waals surface area (Å²) >= 11 is 0. The van der Waals surface area contributed by atoms with E-state index in [9.17, 15) is 0 Å². The largest absolute Gasteiger partial charge is 0.497 e. The molecule has 0 N–H and O–H groups in total. The number of para-hydroxylation sites is 1. The molecule has 2 heterocycles. The second-order valence-corrected chi connectivity index (χ2v) is 8.07. The van der Waals surface area contributed by atoms with Gasteiger partial charge in [0.15, 0.2) is 23.0 Å². The number of hydrazone groups is 1. The molecule has 0 unspecified atom stereocenters. The molecule has 3 aromatic carbocycles. The van der Waals surface area contributed by atoms with Gasteiger partial charge in [-0.05, 0) is 43.3 Å². The van der Waals surface area contributed by atoms with Gasteiger partial charge in [-0.3, -0.25) is 0 Å². The van der Waals surface area contributed by atoms with Gasteiger partial charge in [-0.25, -0.2) is 5.01 Å². The molecule has 0 saturated carbocycles. The van der Waals surface area contributed by atoms with Crippen molar-refractivity contribution in [2.24, 2.45) is 5.10 Å². The molecule has 3 aromatic rings. The van der Waals surface area contributed by atoms with E-state index in [1.807, 2.05) is 60.5 Å². The first-order valence-corrected chi connectivity index (χ1v) is 11.3. The Bertz CT molecular complexity index is 1230. The summed E-state index contributed by atoms with van der Waals surface area (Å²) < 4.78 is 28.9. The van der Waals surface area contributed by atoms with E-state index in [0.29, 0.717) is 18.1 Å². The van der Waals surface area contributed by atoms with Crippen LogP contribution in [0.25, 0.3) is 0 Å². The van der Waals surface area contributed by atoms with E-state index >= 15 is 0 Å². The average Bonchev–Trinajstić information content (AvgIpc) is 3.34. The standard InChI is InChI=1S/C27H28N2O5/c1-5-33-24-11-7-10-20-22-16-21(17-8-6-9-19(14-17)30-2)28-29(22)27(34-26(20)24)18-12-13-23(31-3)25(15-18)32-4/h6-15,22,27H,5,16H2,1-4H3/t22-,27+/m1/s1. The van der Waals surface area contributed by atoms with Gasteiger partial charge >= 0.3 is 0 Å². The highest BCUT2D eigenvalue weighted by molar-refractivity contribution is 6.02. The van der Waals surface area contributed by atoms with E-state index in [1.54, 1.807) is 21.3 Å². The summed E-state index contributed by atoms with van der Waals surface area (Å²) in [6.45, 7) is 2.53. The van der Waals surface area contributed by atoms with Gasteiger partial charge in [-0.2, -0.15) is 5.10 Å². The molecule has 176 valence electrons. The molecule has 2 aliphatic rings. The van der Waals surface area contributed by atoms with Crippen molar-refractivity contribution in [3.05, 3.63) is 77.4 Å². The van der Waals surface area contributed by atoms with E-state index in [2.05, 4.69) is 12.1 Å². The minimum Gasteiger partial charge on any atom is -0.497 e. The lowest BCUT2D eigenvalue weighted by molar-refractivity contribution is -0.0213. The first kappa shape index (κ1) is 21.9. The van der Waals surface area contributed by atoms with Gasteiger partial charge in [0.05, 0.1) is 39.7 Å². The third-order valence-corrected chi connectivity index (χ3v) is 6.18. The minimum atomic E-state index is -0.456. The van der Waals surface area contributed by atoms with Crippen molar-refractivity contribution in [2.75, 3.05) is 27.9 Å². The normalized spacial score (nSPS) is 18.4. The van der Waals surface area contributed by atoms with Crippen LogP contribution in [0.15, 0.2) is 65.8 Å². The predicted octanol–water partition coefficient (Wildman–Crippen LogP) is 5.35. The molecule has 0 radical (unpaired) electrons. The number of hydrogen-bond acceptors (Lipinski definition) is 7. The summed E-state index contributed by atoms with van der Waals surface area (Å²) in [6, 6.07) is 19.8. The average molecular weight is 461 g/mol. The molecule has 0 amide bonds. The van der Waals surface area contributed by atoms with Crippen LogP contribution < -0.4 is 23.7 Å². The zero-order valence-corrected chi connectivity index (χ0v) is 19.8. The van der Waals surface area contributed by atoms with Crippen LogP contribution in [0, 0.1) is 0 Å². The Morgan fingerprint density at radius 1 is 0.912 bits per heavy atom. The Labute approximate surface area is 199 Å². The highest BCUT2D eigenvalue weighted by Gasteiger charge is 2.42. The molecule has 0 fully saturated rings. The van der Waals surface area contributed by atoms with Crippen LogP contribution in [0.1, 0.15) is 42.3 Å². The molecule has 7 nitrogen and oxygen atoms in total. The van der Waals surface area contributed by atoms with Crippen LogP contribution in [0.2, 0.25) is 0 Å². The molecule has 0 bridgehead atoms. The summed E-state index contributed by atoms with van der Waals surface area (Å²) in [5, 5.41) is 7.08. The Kier molecular flexibility index (Phi) is 5.92. The van der Waals surface area contributed by atoms with E-state index in [-0.39, 0.29) is 6.04 Å². The van der Waals surface area contributed by atoms with Gasteiger partial charge in [-0.15, -0.1) is 0 Å². The second kappa shape index (κ2) is 9.17. The van der Waals surface area contributed by atoms with Crippen molar-refractivity contribution >= 4 is 5.71 Å². The van der Waals surface area contributed by atoms with Crippen molar-refractivity contribution in [2.45, 2.75) is 25.6 Å². The molecule has 34 heavy (non-hydrogen) atoms. The number of ether oxygens (including phenoxy) is 5. The first-order valence-electron chi connectivity index (χ1n) is 11.3. The SMILES string of the molecule is CCOc1cccc2c1O[C@@H](c1ccc(OC)c(OC)c1)N1N=C(c3cccc(OC)c3)C[C@H]21. The van der Waals surface area contributed by atoms with Gasteiger partial charge in [0.25, 0.3) is 0 Å². The van der Waals surface area contributed by atoms with Crippen LogP contribution in [-0.2, 0) is 0 Å². The van der Waals surface area contributed by atoms with Crippen LogP contribution in [-0.4, -0.2) is 38.7 Å². The monoisotopic (exact) mass is 460 g/mol. The Morgan fingerprint density at radius 2 is 1.74 bits per heavy atom. The predicted molar refractivity (Wildman–Crippen MR) is 129 cm³/mol. The van der Waals surface area contributed by atoms with E-state index < -0.39 is 6.23 Å². The van der Waals surface area contributed by atoms with Crippen molar-refractivity contribution in [3.63, 3.8) is 0 Å². The molecule has 5 rings (SSSR count). The third-order valence-electron chi connectivity index (χ3n) is 6.18. The van der Waals surface area contributed by atoms with Crippen LogP contribution in [0.3, 0.4) is 0 Å². The molecule has 7 heteroatoms. The lowest BCUT2D eigenvalue weighted by Crippen LogP contribution is -2.34. The minimum absolute atomic E-state index is 0.00320. The van der Waals surface area contributed by atoms with E-state index in [1.165, 1.54) is 0 Å². The second-order valence-electron chi connectivity index (χ2n) is 8.07. The van der Waals surface area contributed by atoms with Gasteiger partial charge in [0.2, 0.25) is 6.23 Å². The summed E-state index contributed by atoms with van der Waals surface area (Å²) in [4.78, 5) is 0. The third kappa shape index (κ3) is 3.77. The zero-order chi connectivity index (χ0) is 23.7. The summed E-state index contributed by atoms with van der Waals surface area (Å²) in [5.41, 5.74) is 3.98. The summed E-state index contributed by atoms with van der Waals surface area (Å²) in [7, 11) is 4.93. The van der Waals surface area contributed by atoms with Crippen LogP contribution >= 0.6 is 0 Å². The number of benzene rings is 3. The lowest BCUT2D eigenvalue weighted by Gasteiger charge is -2.38. The first-order chi connectivity index (χ1) is 16.7. The number of rotatable bonds is 7. The molecule has 0 spiro atoms. The quantitative estimate of drug-likeness (QED) is 0.474. The van der Waals surface area contributed by atoms with Gasteiger partial charge in [0.1, 0.15) is 5.75 Å². The molecule has 0 aliphatic carbocycles. The fourth-order valence-electron chi connectivity index (χ4n) is 4.56. The number of fused-ring (bicyclic) bond motifs is 3. The van der Waals surface area contributed by atoms with E-state index in [0.717, 1.165) is 46.1 Å². The molecular weight excluding hydrogens is 432 g/mol. The van der Waals surface area contributed by atoms with Crippen molar-refractivity contribution in [3.8, 4) is 28.7 Å². The van der Waals surface area contributed by atoms with E-state index in [4.69, 9.17) is 28.8 Å². The number of nitrogens with zero attached hydrogens (tertiary/aromatic N) is 2. The summed E-state index contributed by atoms with van der Waals surface area (Å²) in [5.74, 6) is 3.60. The Hall–Kier alpha value is -3.87. The lowest BCUT2D eigenvalue weighted by atomic mass is 9.95. The molecule has 2 atom stereocenters. The Morgan fingerprint density at radius 3 is 2.50 bits per heavy atom. The smallest absolute Gasteiger partial charge is 0.214 e.